The van der Waals surface area contributed by atoms with Gasteiger partial charge >= 0.3 is 0 Å². The maximum absolute atomic E-state index is 13.2. The van der Waals surface area contributed by atoms with Gasteiger partial charge in [-0.1, -0.05) is 6.07 Å². The summed E-state index contributed by atoms with van der Waals surface area (Å²) in [5.74, 6) is -0.0922. The molecule has 0 bridgehead atoms. The molecule has 0 aromatic carbocycles. The Morgan fingerprint density at radius 3 is 2.81 bits per heavy atom. The van der Waals surface area contributed by atoms with Crippen LogP contribution >= 0.6 is 11.7 Å². The Labute approximate surface area is 162 Å². The molecule has 2 fully saturated rings. The summed E-state index contributed by atoms with van der Waals surface area (Å²) < 4.78 is 20.0. The maximum atomic E-state index is 13.2. The molecule has 2 saturated heterocycles. The number of hydrogen-bond donors (Lipinski definition) is 0. The van der Waals surface area contributed by atoms with Gasteiger partial charge in [0.1, 0.15) is 0 Å². The molecule has 0 radical (unpaired) electrons. The predicted octanol–water partition coefficient (Wildman–Crippen LogP) is 1.16. The van der Waals surface area contributed by atoms with Gasteiger partial charge in [-0.15, -0.1) is 0 Å². The van der Waals surface area contributed by atoms with Gasteiger partial charge in [-0.3, -0.25) is 14.7 Å². The van der Waals surface area contributed by atoms with Crippen molar-refractivity contribution < 1.29 is 14.3 Å². The van der Waals surface area contributed by atoms with Crippen LogP contribution in [-0.2, 0) is 9.47 Å². The molecule has 0 unspecified atom stereocenters. The molecule has 0 aliphatic carbocycles. The number of aryl methyl sites for hydroxylation is 1. The van der Waals surface area contributed by atoms with Crippen molar-refractivity contribution >= 4 is 17.6 Å². The summed E-state index contributed by atoms with van der Waals surface area (Å²) in [6, 6.07) is 3.70. The number of pyridine rings is 1. The van der Waals surface area contributed by atoms with Gasteiger partial charge in [-0.25, -0.2) is 0 Å². The Bertz CT molecular complexity index is 765. The van der Waals surface area contributed by atoms with E-state index in [-0.39, 0.29) is 18.1 Å². The van der Waals surface area contributed by atoms with E-state index in [0.29, 0.717) is 24.5 Å². The van der Waals surface area contributed by atoms with Gasteiger partial charge in [-0.2, -0.15) is 8.75 Å². The first-order chi connectivity index (χ1) is 13.2. The molecule has 8 nitrogen and oxygen atoms in total. The van der Waals surface area contributed by atoms with Crippen molar-refractivity contribution in [3.63, 3.8) is 0 Å². The van der Waals surface area contributed by atoms with E-state index in [1.54, 1.807) is 6.20 Å². The second kappa shape index (κ2) is 8.39. The molecule has 0 saturated carbocycles. The molecule has 2 aromatic rings. The minimum absolute atomic E-state index is 0.0922. The summed E-state index contributed by atoms with van der Waals surface area (Å²) in [6.45, 7) is 6.82. The summed E-state index contributed by atoms with van der Waals surface area (Å²) in [6.07, 6.45) is 3.43. The molecule has 2 atom stereocenters. The van der Waals surface area contributed by atoms with Crippen molar-refractivity contribution in [2.75, 3.05) is 46.0 Å². The highest BCUT2D eigenvalue weighted by Gasteiger charge is 2.39. The molecule has 1 amide bonds. The average Bonchev–Trinajstić information content (AvgIpc) is 3.14. The number of nitrogens with zero attached hydrogens (tertiary/aromatic N) is 5. The molecule has 0 N–H and O–H groups in total. The Kier molecular flexibility index (Phi) is 5.72. The third-order valence-corrected chi connectivity index (χ3v) is 5.66. The van der Waals surface area contributed by atoms with Gasteiger partial charge in [0.05, 0.1) is 49.4 Å². The van der Waals surface area contributed by atoms with Crippen LogP contribution in [0.15, 0.2) is 24.5 Å². The summed E-state index contributed by atoms with van der Waals surface area (Å²) in [4.78, 5) is 21.7. The van der Waals surface area contributed by atoms with Crippen LogP contribution in [0, 0.1) is 6.92 Å². The lowest BCUT2D eigenvalue weighted by Crippen LogP contribution is -2.53. The van der Waals surface area contributed by atoms with Crippen molar-refractivity contribution in [2.24, 2.45) is 0 Å². The van der Waals surface area contributed by atoms with E-state index in [9.17, 15) is 4.79 Å². The summed E-state index contributed by atoms with van der Waals surface area (Å²) in [7, 11) is 0. The van der Waals surface area contributed by atoms with Crippen LogP contribution < -0.4 is 0 Å². The first-order valence-electron chi connectivity index (χ1n) is 9.16. The van der Waals surface area contributed by atoms with Crippen molar-refractivity contribution in [1.82, 2.24) is 23.5 Å². The molecule has 9 heteroatoms. The van der Waals surface area contributed by atoms with E-state index in [2.05, 4.69) is 18.6 Å². The monoisotopic (exact) mass is 389 g/mol. The fourth-order valence-corrected chi connectivity index (χ4v) is 4.20. The van der Waals surface area contributed by atoms with Crippen LogP contribution in [0.25, 0.3) is 0 Å². The fraction of sp³-hybridized carbons (Fsp3) is 0.556. The minimum Gasteiger partial charge on any atom is -0.379 e. The number of carbonyl (C=O) groups excluding carboxylic acids is 1. The number of morpholine rings is 2. The highest BCUT2D eigenvalue weighted by molar-refractivity contribution is 6.99. The number of aromatic nitrogens is 3. The third kappa shape index (κ3) is 4.01. The van der Waals surface area contributed by atoms with Gasteiger partial charge in [0.15, 0.2) is 5.69 Å². The lowest BCUT2D eigenvalue weighted by Gasteiger charge is -2.43. The summed E-state index contributed by atoms with van der Waals surface area (Å²) >= 11 is 1.07. The zero-order chi connectivity index (χ0) is 18.6. The van der Waals surface area contributed by atoms with Crippen molar-refractivity contribution in [2.45, 2.75) is 19.1 Å². The van der Waals surface area contributed by atoms with Gasteiger partial charge in [-0.05, 0) is 18.6 Å². The minimum atomic E-state index is -0.205. The molecular formula is C18H23N5O3S. The lowest BCUT2D eigenvalue weighted by molar-refractivity contribution is -0.0820. The van der Waals surface area contributed by atoms with Gasteiger partial charge in [0.2, 0.25) is 0 Å². The van der Waals surface area contributed by atoms with E-state index in [1.807, 2.05) is 30.2 Å². The largest absolute Gasteiger partial charge is 0.379 e. The van der Waals surface area contributed by atoms with Crippen molar-refractivity contribution in [3.05, 3.63) is 41.5 Å². The average molecular weight is 389 g/mol. The van der Waals surface area contributed by atoms with E-state index in [0.717, 1.165) is 50.1 Å². The van der Waals surface area contributed by atoms with E-state index < -0.39 is 0 Å². The number of carbonyl (C=O) groups is 1. The summed E-state index contributed by atoms with van der Waals surface area (Å²) in [5.41, 5.74) is 2.08. The van der Waals surface area contributed by atoms with Gasteiger partial charge < -0.3 is 14.4 Å². The molecule has 2 aromatic heterocycles. The molecule has 4 heterocycles. The second-order valence-electron chi connectivity index (χ2n) is 6.75. The third-order valence-electron chi connectivity index (χ3n) is 5.04. The van der Waals surface area contributed by atoms with Crippen molar-refractivity contribution in [1.29, 1.82) is 0 Å². The highest BCUT2D eigenvalue weighted by Crippen LogP contribution is 2.31. The molecule has 2 aliphatic heterocycles. The maximum Gasteiger partial charge on any atom is 0.276 e. The lowest BCUT2D eigenvalue weighted by atomic mass is 9.98. The predicted molar refractivity (Wildman–Crippen MR) is 99.7 cm³/mol. The Balaban J connectivity index is 1.62. The van der Waals surface area contributed by atoms with E-state index in [4.69, 9.17) is 9.47 Å². The highest BCUT2D eigenvalue weighted by atomic mass is 32.1. The number of amides is 1. The van der Waals surface area contributed by atoms with Gasteiger partial charge in [0.25, 0.3) is 5.91 Å². The molecule has 4 rings (SSSR count). The quantitative estimate of drug-likeness (QED) is 0.776. The Morgan fingerprint density at radius 2 is 2.11 bits per heavy atom. The molecule has 27 heavy (non-hydrogen) atoms. The van der Waals surface area contributed by atoms with Crippen LogP contribution in [0.5, 0.6) is 0 Å². The van der Waals surface area contributed by atoms with E-state index >= 15 is 0 Å². The zero-order valence-electron chi connectivity index (χ0n) is 15.3. The number of hydrogen-bond acceptors (Lipinski definition) is 8. The topological polar surface area (TPSA) is 80.7 Å². The standard InChI is InChI=1S/C18H23N5O3S/c1-13-16(21-27-20-13)18(24)23-7-10-26-15(12-22-5-8-25-9-6-22)17(23)14-3-2-4-19-11-14/h2-4,11,15,17H,5-10,12H2,1H3/t15-,17-/m0/s1. The van der Waals surface area contributed by atoms with Crippen LogP contribution in [0.1, 0.15) is 27.8 Å². The first-order valence-corrected chi connectivity index (χ1v) is 9.89. The van der Waals surface area contributed by atoms with Crippen LogP contribution in [0.2, 0.25) is 0 Å². The second-order valence-corrected chi connectivity index (χ2v) is 7.28. The summed E-state index contributed by atoms with van der Waals surface area (Å²) in [5, 5.41) is 0. The van der Waals surface area contributed by atoms with Crippen LogP contribution in [0.3, 0.4) is 0 Å². The molecule has 2 aliphatic rings. The molecule has 144 valence electrons. The Morgan fingerprint density at radius 1 is 1.26 bits per heavy atom. The number of ether oxygens (including phenoxy) is 2. The van der Waals surface area contributed by atoms with Crippen molar-refractivity contribution in [3.8, 4) is 0 Å². The van der Waals surface area contributed by atoms with Gasteiger partial charge in [0, 0.05) is 38.6 Å². The molecular weight excluding hydrogens is 366 g/mol. The van der Waals surface area contributed by atoms with E-state index in [1.165, 1.54) is 0 Å². The SMILES string of the molecule is Cc1nsnc1C(=O)N1CCO[C@@H](CN2CCOCC2)[C@@H]1c1cccnc1. The van der Waals surface area contributed by atoms with Crippen LogP contribution in [0.4, 0.5) is 0 Å². The number of rotatable bonds is 4. The Hall–Kier alpha value is -1.94. The van der Waals surface area contributed by atoms with Crippen LogP contribution in [-0.4, -0.2) is 81.5 Å². The zero-order valence-corrected chi connectivity index (χ0v) is 16.1. The smallest absolute Gasteiger partial charge is 0.276 e. The normalized spacial score (nSPS) is 24.1. The first kappa shape index (κ1) is 18.4. The fourth-order valence-electron chi connectivity index (χ4n) is 3.66. The molecule has 0 spiro atoms.